The van der Waals surface area contributed by atoms with Gasteiger partial charge in [0.25, 0.3) is 0 Å². The lowest BCUT2D eigenvalue weighted by Gasteiger charge is -2.15. The number of amides is 1. The summed E-state index contributed by atoms with van der Waals surface area (Å²) in [5, 5.41) is 12.4. The van der Waals surface area contributed by atoms with Gasteiger partial charge in [0.15, 0.2) is 5.78 Å². The zero-order valence-electron chi connectivity index (χ0n) is 16.6. The van der Waals surface area contributed by atoms with E-state index in [4.69, 9.17) is 0 Å². The molecule has 0 atom stereocenters. The standard InChI is InChI=1S/C22H23N5O2/c1-15(2)16-5-7-18(8-6-16)22-23-25-27(24-22)14-20(28)17-9-11-19(12-10-17)26-13-3-4-21(26)29/h5-12,15H,3-4,13-14H2,1-2H3. The van der Waals surface area contributed by atoms with E-state index in [-0.39, 0.29) is 18.2 Å². The van der Waals surface area contributed by atoms with Crippen LogP contribution in [0.1, 0.15) is 48.5 Å². The second kappa shape index (κ2) is 7.95. The Morgan fingerprint density at radius 3 is 2.41 bits per heavy atom. The Balaban J connectivity index is 1.43. The van der Waals surface area contributed by atoms with Crippen molar-refractivity contribution in [1.82, 2.24) is 20.2 Å². The van der Waals surface area contributed by atoms with E-state index in [0.717, 1.165) is 24.2 Å². The van der Waals surface area contributed by atoms with Crippen molar-refractivity contribution in [2.24, 2.45) is 0 Å². The van der Waals surface area contributed by atoms with Gasteiger partial charge in [0.1, 0.15) is 6.54 Å². The molecule has 1 fully saturated rings. The molecule has 7 heteroatoms. The molecular formula is C22H23N5O2. The fraction of sp³-hybridized carbons (Fsp3) is 0.318. The van der Waals surface area contributed by atoms with Crippen molar-refractivity contribution in [2.45, 2.75) is 39.2 Å². The zero-order chi connectivity index (χ0) is 20.4. The molecule has 2 heterocycles. The number of hydrogen-bond donors (Lipinski definition) is 0. The second-order valence-electron chi connectivity index (χ2n) is 7.54. The molecule has 1 saturated heterocycles. The zero-order valence-corrected chi connectivity index (χ0v) is 16.6. The predicted octanol–water partition coefficient (Wildman–Crippen LogP) is 3.47. The number of Topliss-reactive ketones (excluding diaryl/α,β-unsaturated/α-hetero) is 1. The molecule has 0 spiro atoms. The summed E-state index contributed by atoms with van der Waals surface area (Å²) in [4.78, 5) is 27.5. The number of benzene rings is 2. The van der Waals surface area contributed by atoms with E-state index in [0.29, 0.717) is 23.7 Å². The Morgan fingerprint density at radius 1 is 1.07 bits per heavy atom. The van der Waals surface area contributed by atoms with Crippen molar-refractivity contribution in [3.63, 3.8) is 0 Å². The van der Waals surface area contributed by atoms with Crippen molar-refractivity contribution in [2.75, 3.05) is 11.4 Å². The highest BCUT2D eigenvalue weighted by molar-refractivity contribution is 5.98. The Hall–Kier alpha value is -3.35. The third-order valence-electron chi connectivity index (χ3n) is 5.15. The van der Waals surface area contributed by atoms with Crippen molar-refractivity contribution in [1.29, 1.82) is 0 Å². The summed E-state index contributed by atoms with van der Waals surface area (Å²) in [6.07, 6.45) is 1.46. The summed E-state index contributed by atoms with van der Waals surface area (Å²) in [6, 6.07) is 15.2. The summed E-state index contributed by atoms with van der Waals surface area (Å²) >= 11 is 0. The number of ketones is 1. The predicted molar refractivity (Wildman–Crippen MR) is 110 cm³/mol. The van der Waals surface area contributed by atoms with Gasteiger partial charge >= 0.3 is 0 Å². The summed E-state index contributed by atoms with van der Waals surface area (Å²) < 4.78 is 0. The smallest absolute Gasteiger partial charge is 0.227 e. The van der Waals surface area contributed by atoms with Crippen molar-refractivity contribution in [3.05, 3.63) is 59.7 Å². The summed E-state index contributed by atoms with van der Waals surface area (Å²) in [5.41, 5.74) is 3.50. The van der Waals surface area contributed by atoms with E-state index in [1.807, 2.05) is 24.3 Å². The molecular weight excluding hydrogens is 366 g/mol. The topological polar surface area (TPSA) is 81.0 Å². The molecule has 148 valence electrons. The summed E-state index contributed by atoms with van der Waals surface area (Å²) in [5.74, 6) is 0.976. The first kappa shape index (κ1) is 19.0. The lowest BCUT2D eigenvalue weighted by molar-refractivity contribution is -0.117. The number of tetrazole rings is 1. The minimum absolute atomic E-state index is 0.0130. The largest absolute Gasteiger partial charge is 0.312 e. The van der Waals surface area contributed by atoms with Crippen LogP contribution in [0.15, 0.2) is 48.5 Å². The first-order chi connectivity index (χ1) is 14.0. The molecule has 4 rings (SSSR count). The van der Waals surface area contributed by atoms with Gasteiger partial charge in [-0.2, -0.15) is 4.80 Å². The Labute approximate surface area is 169 Å². The molecule has 0 N–H and O–H groups in total. The number of carbonyl (C=O) groups is 2. The van der Waals surface area contributed by atoms with E-state index < -0.39 is 0 Å². The van der Waals surface area contributed by atoms with Gasteiger partial charge in [0.2, 0.25) is 11.7 Å². The quantitative estimate of drug-likeness (QED) is 0.603. The molecule has 29 heavy (non-hydrogen) atoms. The fourth-order valence-electron chi connectivity index (χ4n) is 3.41. The van der Waals surface area contributed by atoms with Crippen LogP contribution < -0.4 is 4.90 Å². The first-order valence-electron chi connectivity index (χ1n) is 9.83. The van der Waals surface area contributed by atoms with Crippen LogP contribution in [0.25, 0.3) is 11.4 Å². The van der Waals surface area contributed by atoms with Gasteiger partial charge in [0, 0.05) is 29.8 Å². The van der Waals surface area contributed by atoms with Crippen LogP contribution in [0, 0.1) is 0 Å². The van der Waals surface area contributed by atoms with Crippen LogP contribution in [0.3, 0.4) is 0 Å². The third kappa shape index (κ3) is 4.08. The van der Waals surface area contributed by atoms with E-state index in [1.54, 1.807) is 17.0 Å². The highest BCUT2D eigenvalue weighted by atomic mass is 16.2. The minimum atomic E-state index is -0.108. The number of rotatable bonds is 6. The molecule has 1 aromatic heterocycles. The van der Waals surface area contributed by atoms with Crippen LogP contribution in [0.2, 0.25) is 0 Å². The van der Waals surface area contributed by atoms with E-state index in [1.165, 1.54) is 10.4 Å². The molecule has 7 nitrogen and oxygen atoms in total. The summed E-state index contributed by atoms with van der Waals surface area (Å²) in [6.45, 7) is 5.03. The highest BCUT2D eigenvalue weighted by Gasteiger charge is 2.21. The fourth-order valence-corrected chi connectivity index (χ4v) is 3.41. The van der Waals surface area contributed by atoms with Crippen molar-refractivity contribution < 1.29 is 9.59 Å². The van der Waals surface area contributed by atoms with E-state index in [2.05, 4.69) is 41.4 Å². The molecule has 0 bridgehead atoms. The molecule has 0 unspecified atom stereocenters. The van der Waals surface area contributed by atoms with Gasteiger partial charge in [0.05, 0.1) is 0 Å². The van der Waals surface area contributed by atoms with Crippen LogP contribution in [0.5, 0.6) is 0 Å². The van der Waals surface area contributed by atoms with Crippen LogP contribution >= 0.6 is 0 Å². The monoisotopic (exact) mass is 389 g/mol. The normalized spacial score (nSPS) is 14.0. The van der Waals surface area contributed by atoms with Crippen molar-refractivity contribution in [3.8, 4) is 11.4 Å². The van der Waals surface area contributed by atoms with Gasteiger partial charge in [-0.3, -0.25) is 9.59 Å². The number of carbonyl (C=O) groups excluding carboxylic acids is 2. The molecule has 0 aliphatic carbocycles. The maximum Gasteiger partial charge on any atom is 0.227 e. The molecule has 2 aromatic carbocycles. The molecule has 1 aliphatic rings. The Bertz CT molecular complexity index is 1020. The Kier molecular flexibility index (Phi) is 5.20. The maximum atomic E-state index is 12.6. The third-order valence-corrected chi connectivity index (χ3v) is 5.15. The van der Waals surface area contributed by atoms with Crippen LogP contribution in [0.4, 0.5) is 5.69 Å². The molecule has 0 radical (unpaired) electrons. The van der Waals surface area contributed by atoms with E-state index in [9.17, 15) is 9.59 Å². The van der Waals surface area contributed by atoms with Gasteiger partial charge < -0.3 is 4.90 Å². The minimum Gasteiger partial charge on any atom is -0.312 e. The first-order valence-corrected chi connectivity index (χ1v) is 9.83. The average Bonchev–Trinajstić information content (AvgIpc) is 3.37. The molecule has 1 aliphatic heterocycles. The van der Waals surface area contributed by atoms with Crippen LogP contribution in [-0.2, 0) is 11.3 Å². The van der Waals surface area contributed by atoms with E-state index >= 15 is 0 Å². The van der Waals surface area contributed by atoms with Crippen LogP contribution in [-0.4, -0.2) is 38.4 Å². The Morgan fingerprint density at radius 2 is 1.79 bits per heavy atom. The van der Waals surface area contributed by atoms with Gasteiger partial charge in [-0.1, -0.05) is 38.1 Å². The summed E-state index contributed by atoms with van der Waals surface area (Å²) in [7, 11) is 0. The van der Waals surface area contributed by atoms with Gasteiger partial charge in [-0.05, 0) is 47.4 Å². The maximum absolute atomic E-state index is 12.6. The van der Waals surface area contributed by atoms with Crippen molar-refractivity contribution >= 4 is 17.4 Å². The number of anilines is 1. The average molecular weight is 389 g/mol. The van der Waals surface area contributed by atoms with Gasteiger partial charge in [-0.15, -0.1) is 10.2 Å². The molecule has 3 aromatic rings. The number of aromatic nitrogens is 4. The lowest BCUT2D eigenvalue weighted by atomic mass is 10.0. The second-order valence-corrected chi connectivity index (χ2v) is 7.54. The lowest BCUT2D eigenvalue weighted by Crippen LogP contribution is -2.23. The number of nitrogens with zero attached hydrogens (tertiary/aromatic N) is 5. The van der Waals surface area contributed by atoms with Gasteiger partial charge in [-0.25, -0.2) is 0 Å². The molecule has 0 saturated carbocycles. The number of hydrogen-bond acceptors (Lipinski definition) is 5. The SMILES string of the molecule is CC(C)c1ccc(-c2nnn(CC(=O)c3ccc(N4CCCC4=O)cc3)n2)cc1. The highest BCUT2D eigenvalue weighted by Crippen LogP contribution is 2.22. The molecule has 1 amide bonds.